The molecule has 1 aromatic carbocycles. The molecule has 16 heavy (non-hydrogen) atoms. The molecule has 2 N–H and O–H groups in total. The van der Waals surface area contributed by atoms with Gasteiger partial charge in [0.25, 0.3) is 0 Å². The van der Waals surface area contributed by atoms with Crippen LogP contribution in [0.2, 0.25) is 0 Å². The van der Waals surface area contributed by atoms with Gasteiger partial charge in [-0.3, -0.25) is 5.10 Å². The molecule has 0 unspecified atom stereocenters. The summed E-state index contributed by atoms with van der Waals surface area (Å²) in [5, 5.41) is 18.9. The number of aromatic nitrogens is 2. The average Bonchev–Trinajstić information content (AvgIpc) is 2.78. The van der Waals surface area contributed by atoms with Crippen LogP contribution in [0.3, 0.4) is 0 Å². The van der Waals surface area contributed by atoms with Gasteiger partial charge in [-0.25, -0.2) is 0 Å². The maximum absolute atomic E-state index is 8.84. The van der Waals surface area contributed by atoms with Crippen LogP contribution >= 0.6 is 0 Å². The van der Waals surface area contributed by atoms with Gasteiger partial charge in [0.15, 0.2) is 0 Å². The van der Waals surface area contributed by atoms with Crippen LogP contribution in [0.4, 0.5) is 0 Å². The summed E-state index contributed by atoms with van der Waals surface area (Å²) in [6.45, 7) is 0.753. The standard InChI is InChI=1S/C12H12N4/c1-14-7-11-8-15-16-12(11)10-4-2-3-9(5-10)6-13/h2-5,8,14H,7H2,1H3,(H,15,16). The van der Waals surface area contributed by atoms with Gasteiger partial charge in [0.1, 0.15) is 0 Å². The highest BCUT2D eigenvalue weighted by Gasteiger charge is 2.07. The van der Waals surface area contributed by atoms with Crippen LogP contribution in [0.1, 0.15) is 11.1 Å². The molecule has 0 aliphatic carbocycles. The van der Waals surface area contributed by atoms with Crippen molar-refractivity contribution in [3.05, 3.63) is 41.6 Å². The molecule has 0 spiro atoms. The third-order valence-electron chi connectivity index (χ3n) is 2.37. The van der Waals surface area contributed by atoms with Crippen LogP contribution in [0.15, 0.2) is 30.5 Å². The van der Waals surface area contributed by atoms with Crippen LogP contribution in [-0.2, 0) is 6.54 Å². The maximum atomic E-state index is 8.84. The topological polar surface area (TPSA) is 64.5 Å². The van der Waals surface area contributed by atoms with E-state index in [0.717, 1.165) is 23.4 Å². The van der Waals surface area contributed by atoms with Crippen molar-refractivity contribution in [2.75, 3.05) is 7.05 Å². The predicted molar refractivity (Wildman–Crippen MR) is 61.5 cm³/mol. The zero-order valence-electron chi connectivity index (χ0n) is 8.99. The van der Waals surface area contributed by atoms with Gasteiger partial charge < -0.3 is 5.32 Å². The second-order valence-electron chi connectivity index (χ2n) is 3.49. The monoisotopic (exact) mass is 212 g/mol. The first-order valence-corrected chi connectivity index (χ1v) is 5.02. The van der Waals surface area contributed by atoms with Gasteiger partial charge >= 0.3 is 0 Å². The number of nitrogens with one attached hydrogen (secondary N) is 2. The Morgan fingerprint density at radius 3 is 3.12 bits per heavy atom. The fraction of sp³-hybridized carbons (Fsp3) is 0.167. The first kappa shape index (κ1) is 10.4. The van der Waals surface area contributed by atoms with E-state index in [2.05, 4.69) is 21.6 Å². The molecule has 1 heterocycles. The van der Waals surface area contributed by atoms with Gasteiger partial charge in [0.05, 0.1) is 23.5 Å². The van der Waals surface area contributed by atoms with E-state index in [1.807, 2.05) is 25.2 Å². The van der Waals surface area contributed by atoms with Crippen molar-refractivity contribution in [3.63, 3.8) is 0 Å². The molecule has 0 radical (unpaired) electrons. The van der Waals surface area contributed by atoms with Crippen molar-refractivity contribution in [2.24, 2.45) is 0 Å². The SMILES string of the molecule is CNCc1cn[nH]c1-c1cccc(C#N)c1. The highest BCUT2D eigenvalue weighted by Crippen LogP contribution is 2.21. The van der Waals surface area contributed by atoms with E-state index in [0.29, 0.717) is 5.56 Å². The summed E-state index contributed by atoms with van der Waals surface area (Å²) in [4.78, 5) is 0. The molecule has 80 valence electrons. The lowest BCUT2D eigenvalue weighted by atomic mass is 10.1. The fourth-order valence-electron chi connectivity index (χ4n) is 1.63. The van der Waals surface area contributed by atoms with Gasteiger partial charge in [0, 0.05) is 17.7 Å². The molecular formula is C12H12N4. The van der Waals surface area contributed by atoms with Gasteiger partial charge in [-0.1, -0.05) is 12.1 Å². The Bertz CT molecular complexity index is 522. The van der Waals surface area contributed by atoms with E-state index in [4.69, 9.17) is 5.26 Å². The lowest BCUT2D eigenvalue weighted by Gasteiger charge is -2.02. The minimum Gasteiger partial charge on any atom is -0.316 e. The Labute approximate surface area is 93.9 Å². The molecule has 0 saturated heterocycles. The molecule has 0 bridgehead atoms. The van der Waals surface area contributed by atoms with Crippen molar-refractivity contribution < 1.29 is 0 Å². The number of benzene rings is 1. The van der Waals surface area contributed by atoms with Gasteiger partial charge in [-0.05, 0) is 19.2 Å². The zero-order chi connectivity index (χ0) is 11.4. The molecule has 4 nitrogen and oxygen atoms in total. The highest BCUT2D eigenvalue weighted by molar-refractivity contribution is 5.64. The molecule has 0 amide bonds. The fourth-order valence-corrected chi connectivity index (χ4v) is 1.63. The van der Waals surface area contributed by atoms with Crippen LogP contribution in [0.25, 0.3) is 11.3 Å². The van der Waals surface area contributed by atoms with Crippen molar-refractivity contribution >= 4 is 0 Å². The predicted octanol–water partition coefficient (Wildman–Crippen LogP) is 1.67. The number of hydrogen-bond acceptors (Lipinski definition) is 3. The number of nitriles is 1. The summed E-state index contributed by atoms with van der Waals surface area (Å²) in [5.74, 6) is 0. The van der Waals surface area contributed by atoms with Crippen molar-refractivity contribution in [3.8, 4) is 17.3 Å². The lowest BCUT2D eigenvalue weighted by molar-refractivity contribution is 0.820. The number of nitrogens with zero attached hydrogens (tertiary/aromatic N) is 2. The summed E-state index contributed by atoms with van der Waals surface area (Å²) in [7, 11) is 1.89. The van der Waals surface area contributed by atoms with Gasteiger partial charge in [-0.2, -0.15) is 10.4 Å². The Hall–Kier alpha value is -2.12. The lowest BCUT2D eigenvalue weighted by Crippen LogP contribution is -2.05. The third kappa shape index (κ3) is 1.95. The van der Waals surface area contributed by atoms with E-state index in [1.165, 1.54) is 0 Å². The average molecular weight is 212 g/mol. The Morgan fingerprint density at radius 1 is 1.50 bits per heavy atom. The Morgan fingerprint density at radius 2 is 2.38 bits per heavy atom. The molecule has 2 rings (SSSR count). The molecule has 1 aromatic heterocycles. The molecule has 2 aromatic rings. The van der Waals surface area contributed by atoms with Gasteiger partial charge in [0.2, 0.25) is 0 Å². The quantitative estimate of drug-likeness (QED) is 0.813. The summed E-state index contributed by atoms with van der Waals surface area (Å²) in [5.41, 5.74) is 3.70. The van der Waals surface area contributed by atoms with Crippen molar-refractivity contribution in [2.45, 2.75) is 6.54 Å². The molecule has 0 aliphatic rings. The van der Waals surface area contributed by atoms with E-state index in [9.17, 15) is 0 Å². The van der Waals surface area contributed by atoms with Crippen LogP contribution in [-0.4, -0.2) is 17.2 Å². The van der Waals surface area contributed by atoms with Crippen LogP contribution in [0.5, 0.6) is 0 Å². The second-order valence-corrected chi connectivity index (χ2v) is 3.49. The smallest absolute Gasteiger partial charge is 0.0991 e. The molecule has 0 atom stereocenters. The zero-order valence-corrected chi connectivity index (χ0v) is 8.99. The minimum atomic E-state index is 0.655. The van der Waals surface area contributed by atoms with Crippen LogP contribution in [0, 0.1) is 11.3 Å². The van der Waals surface area contributed by atoms with Crippen molar-refractivity contribution in [1.82, 2.24) is 15.5 Å². The maximum Gasteiger partial charge on any atom is 0.0991 e. The molecule has 0 saturated carbocycles. The third-order valence-corrected chi connectivity index (χ3v) is 2.37. The molecule has 4 heteroatoms. The number of hydrogen-bond donors (Lipinski definition) is 2. The number of rotatable bonds is 3. The van der Waals surface area contributed by atoms with E-state index < -0.39 is 0 Å². The molecule has 0 fully saturated rings. The summed E-state index contributed by atoms with van der Waals surface area (Å²) in [6.07, 6.45) is 1.80. The largest absolute Gasteiger partial charge is 0.316 e. The second kappa shape index (κ2) is 4.60. The number of H-pyrrole nitrogens is 1. The van der Waals surface area contributed by atoms with Crippen molar-refractivity contribution in [1.29, 1.82) is 5.26 Å². The van der Waals surface area contributed by atoms with Gasteiger partial charge in [-0.15, -0.1) is 0 Å². The Kier molecular flexibility index (Phi) is 2.99. The molecular weight excluding hydrogens is 200 g/mol. The molecule has 0 aliphatic heterocycles. The van der Waals surface area contributed by atoms with Crippen LogP contribution < -0.4 is 5.32 Å². The van der Waals surface area contributed by atoms with E-state index in [1.54, 1.807) is 12.3 Å². The Balaban J connectivity index is 2.42. The summed E-state index contributed by atoms with van der Waals surface area (Å²) < 4.78 is 0. The first-order valence-electron chi connectivity index (χ1n) is 5.02. The van der Waals surface area contributed by atoms with E-state index in [-0.39, 0.29) is 0 Å². The normalized spacial score (nSPS) is 10.0. The summed E-state index contributed by atoms with van der Waals surface area (Å²) in [6, 6.07) is 9.61. The highest BCUT2D eigenvalue weighted by atomic mass is 15.1. The minimum absolute atomic E-state index is 0.655. The first-order chi connectivity index (χ1) is 7.85. The van der Waals surface area contributed by atoms with E-state index >= 15 is 0 Å². The number of aromatic amines is 1. The summed E-state index contributed by atoms with van der Waals surface area (Å²) >= 11 is 0.